The molecule has 3 heteroatoms. The van der Waals surface area contributed by atoms with Gasteiger partial charge < -0.3 is 10.1 Å². The molecular formula is C12H24NOV-. The Kier molecular flexibility index (Phi) is 8.78. The van der Waals surface area contributed by atoms with Crippen LogP contribution in [0.2, 0.25) is 0 Å². The van der Waals surface area contributed by atoms with Gasteiger partial charge in [0.15, 0.2) is 0 Å². The van der Waals surface area contributed by atoms with Crippen molar-refractivity contribution in [1.82, 2.24) is 0 Å². The second-order valence-corrected chi connectivity index (χ2v) is 4.89. The number of ketones is 1. The Bertz CT molecular complexity index is 183. The molecule has 0 saturated carbocycles. The van der Waals surface area contributed by atoms with E-state index in [0.717, 1.165) is 12.8 Å². The van der Waals surface area contributed by atoms with Crippen LogP contribution in [0.15, 0.2) is 0 Å². The van der Waals surface area contributed by atoms with Crippen LogP contribution < -0.4 is 0 Å². The quantitative estimate of drug-likeness (QED) is 0.734. The Hall–Kier alpha value is 0.214. The minimum Gasteiger partial charge on any atom is -0.656 e. The molecule has 0 N–H and O–H groups in total. The molecule has 1 unspecified atom stereocenters. The number of carbonyl (C=O) groups excluding carboxylic acids is 1. The van der Waals surface area contributed by atoms with Gasteiger partial charge in [0.1, 0.15) is 5.78 Å². The van der Waals surface area contributed by atoms with Gasteiger partial charge in [-0.2, -0.15) is 7.05 Å². The van der Waals surface area contributed by atoms with Crippen molar-refractivity contribution in [1.29, 1.82) is 0 Å². The largest absolute Gasteiger partial charge is 0.656 e. The van der Waals surface area contributed by atoms with Crippen molar-refractivity contribution in [3.63, 3.8) is 0 Å². The van der Waals surface area contributed by atoms with Crippen LogP contribution in [-0.2, 0) is 23.4 Å². The summed E-state index contributed by atoms with van der Waals surface area (Å²) in [6, 6.07) is -0.106. The van der Waals surface area contributed by atoms with E-state index in [4.69, 9.17) is 0 Å². The molecule has 89 valence electrons. The van der Waals surface area contributed by atoms with Crippen LogP contribution in [0.1, 0.15) is 47.5 Å². The summed E-state index contributed by atoms with van der Waals surface area (Å²) in [5, 5.41) is 4.25. The number of hydrogen-bond acceptors (Lipinski definition) is 1. The fraction of sp³-hybridized carbons (Fsp3) is 0.917. The van der Waals surface area contributed by atoms with Crippen molar-refractivity contribution in [2.75, 3.05) is 7.05 Å². The van der Waals surface area contributed by atoms with E-state index in [9.17, 15) is 4.79 Å². The summed E-state index contributed by atoms with van der Waals surface area (Å²) in [4.78, 5) is 12.1. The Labute approximate surface area is 106 Å². The minimum absolute atomic E-state index is 0. The molecule has 0 aliphatic rings. The average Bonchev–Trinajstić information content (AvgIpc) is 2.11. The number of carbonyl (C=O) groups is 1. The predicted octanol–water partition coefficient (Wildman–Crippen LogP) is 3.41. The van der Waals surface area contributed by atoms with Crippen molar-refractivity contribution in [3.05, 3.63) is 5.32 Å². The van der Waals surface area contributed by atoms with Crippen molar-refractivity contribution in [2.45, 2.75) is 53.5 Å². The van der Waals surface area contributed by atoms with Crippen LogP contribution >= 0.6 is 0 Å². The monoisotopic (exact) mass is 249 g/mol. The van der Waals surface area contributed by atoms with E-state index in [1.54, 1.807) is 7.05 Å². The normalized spacial score (nSPS) is 13.5. The molecule has 0 aromatic rings. The topological polar surface area (TPSA) is 31.2 Å². The summed E-state index contributed by atoms with van der Waals surface area (Å²) in [6.45, 7) is 10.2. The van der Waals surface area contributed by atoms with E-state index in [-0.39, 0.29) is 35.8 Å². The standard InChI is InChI=1S/C12H24NO.V/c1-7-9(8-2)10(13-6)11(14)12(3,4)5;/h9-10H,7-8H2,1-6H3;/q-1;. The van der Waals surface area contributed by atoms with Gasteiger partial charge in [-0.05, 0) is 0 Å². The van der Waals surface area contributed by atoms with Gasteiger partial charge in [-0.15, -0.1) is 0 Å². The van der Waals surface area contributed by atoms with Crippen LogP contribution in [0.3, 0.4) is 0 Å². The summed E-state index contributed by atoms with van der Waals surface area (Å²) in [6.07, 6.45) is 2.06. The number of Topliss-reactive ketones (excluding diaryl/α,β-unsaturated/α-hetero) is 1. The molecule has 0 aromatic carbocycles. The Morgan fingerprint density at radius 3 is 1.80 bits per heavy atom. The molecule has 1 atom stereocenters. The van der Waals surface area contributed by atoms with Crippen molar-refractivity contribution in [3.8, 4) is 0 Å². The summed E-state index contributed by atoms with van der Waals surface area (Å²) < 4.78 is 0. The molecule has 15 heavy (non-hydrogen) atoms. The first kappa shape index (κ1) is 17.6. The van der Waals surface area contributed by atoms with Gasteiger partial charge in [0.05, 0.1) is 0 Å². The molecule has 0 aromatic heterocycles. The SMILES string of the molecule is CCC(CC)C([N-]C)C(=O)C(C)(C)C.[V]. The zero-order valence-corrected chi connectivity index (χ0v) is 12.3. The number of likely N-dealkylation sites (N-methyl/N-ethyl adjacent to an activating group) is 1. The van der Waals surface area contributed by atoms with Crippen LogP contribution in [0.4, 0.5) is 0 Å². The van der Waals surface area contributed by atoms with Gasteiger partial charge in [0, 0.05) is 24.0 Å². The molecule has 0 aliphatic heterocycles. The van der Waals surface area contributed by atoms with Crippen molar-refractivity contribution < 1.29 is 23.4 Å². The Balaban J connectivity index is 0. The maximum atomic E-state index is 12.1. The minimum atomic E-state index is -0.271. The van der Waals surface area contributed by atoms with E-state index in [0.29, 0.717) is 5.92 Å². The van der Waals surface area contributed by atoms with Gasteiger partial charge in [0.25, 0.3) is 0 Å². The smallest absolute Gasteiger partial charge is 0.121 e. The van der Waals surface area contributed by atoms with Crippen LogP contribution in [0.25, 0.3) is 5.32 Å². The second-order valence-electron chi connectivity index (χ2n) is 4.89. The zero-order chi connectivity index (χ0) is 11.4. The molecule has 1 radical (unpaired) electrons. The Morgan fingerprint density at radius 2 is 1.60 bits per heavy atom. The maximum absolute atomic E-state index is 12.1. The second kappa shape index (κ2) is 7.48. The molecule has 0 amide bonds. The van der Waals surface area contributed by atoms with Gasteiger partial charge >= 0.3 is 0 Å². The Morgan fingerprint density at radius 1 is 1.20 bits per heavy atom. The molecular weight excluding hydrogens is 225 g/mol. The van der Waals surface area contributed by atoms with E-state index < -0.39 is 0 Å². The van der Waals surface area contributed by atoms with E-state index in [1.807, 2.05) is 20.8 Å². The molecule has 2 nitrogen and oxygen atoms in total. The molecule has 0 heterocycles. The van der Waals surface area contributed by atoms with Crippen LogP contribution in [-0.4, -0.2) is 18.9 Å². The van der Waals surface area contributed by atoms with E-state index in [2.05, 4.69) is 19.2 Å². The summed E-state index contributed by atoms with van der Waals surface area (Å²) in [5.74, 6) is 0.681. The molecule has 0 bridgehead atoms. The first-order chi connectivity index (χ1) is 6.38. The fourth-order valence-corrected chi connectivity index (χ4v) is 1.72. The average molecular weight is 249 g/mol. The third-order valence-corrected chi connectivity index (χ3v) is 2.78. The van der Waals surface area contributed by atoms with E-state index in [1.165, 1.54) is 0 Å². The summed E-state index contributed by atoms with van der Waals surface area (Å²) >= 11 is 0. The van der Waals surface area contributed by atoms with Gasteiger partial charge in [-0.3, -0.25) is 0 Å². The molecule has 0 spiro atoms. The third kappa shape index (κ3) is 5.19. The van der Waals surface area contributed by atoms with Crippen molar-refractivity contribution in [2.24, 2.45) is 11.3 Å². The van der Waals surface area contributed by atoms with Crippen LogP contribution in [0.5, 0.6) is 0 Å². The number of rotatable bonds is 5. The van der Waals surface area contributed by atoms with Gasteiger partial charge in [-0.25, -0.2) is 0 Å². The van der Waals surface area contributed by atoms with E-state index >= 15 is 0 Å². The van der Waals surface area contributed by atoms with Gasteiger partial charge in [0.2, 0.25) is 0 Å². The first-order valence-corrected chi connectivity index (χ1v) is 5.51. The summed E-state index contributed by atoms with van der Waals surface area (Å²) in [7, 11) is 1.76. The first-order valence-electron chi connectivity index (χ1n) is 5.51. The predicted molar refractivity (Wildman–Crippen MR) is 61.6 cm³/mol. The molecule has 0 aliphatic carbocycles. The fourth-order valence-electron chi connectivity index (χ4n) is 1.72. The zero-order valence-electron chi connectivity index (χ0n) is 10.9. The third-order valence-electron chi connectivity index (χ3n) is 2.78. The van der Waals surface area contributed by atoms with Crippen molar-refractivity contribution >= 4 is 5.78 Å². The number of nitrogens with zero attached hydrogens (tertiary/aromatic N) is 1. The molecule has 0 rings (SSSR count). The van der Waals surface area contributed by atoms with Gasteiger partial charge in [-0.1, -0.05) is 59.4 Å². The summed E-state index contributed by atoms with van der Waals surface area (Å²) in [5.41, 5.74) is -0.271. The molecule has 0 fully saturated rings. The maximum Gasteiger partial charge on any atom is 0.121 e. The van der Waals surface area contributed by atoms with Crippen LogP contribution in [0, 0.1) is 11.3 Å². The number of hydrogen-bond donors (Lipinski definition) is 0. The molecule has 0 saturated heterocycles.